The molecule has 1 saturated heterocycles. The number of hydrogen-bond acceptors (Lipinski definition) is 3. The summed E-state index contributed by atoms with van der Waals surface area (Å²) in [6, 6.07) is 9.97. The predicted octanol–water partition coefficient (Wildman–Crippen LogP) is 3.80. The van der Waals surface area contributed by atoms with Crippen LogP contribution in [-0.2, 0) is 11.3 Å². The summed E-state index contributed by atoms with van der Waals surface area (Å²) in [6.07, 6.45) is 9.21. The minimum Gasteiger partial charge on any atom is -0.383 e. The maximum Gasteiger partial charge on any atom is 0.0589 e. The summed E-state index contributed by atoms with van der Waals surface area (Å²) < 4.78 is 5.13. The van der Waals surface area contributed by atoms with Crippen LogP contribution in [0, 0.1) is 0 Å². The molecule has 3 nitrogen and oxygen atoms in total. The van der Waals surface area contributed by atoms with Gasteiger partial charge in [-0.2, -0.15) is 0 Å². The van der Waals surface area contributed by atoms with Gasteiger partial charge in [0.15, 0.2) is 0 Å². The van der Waals surface area contributed by atoms with Crippen LogP contribution in [0.15, 0.2) is 29.8 Å². The lowest BCUT2D eigenvalue weighted by Gasteiger charge is -2.40. The molecule has 3 heteroatoms. The fraction of sp³-hybridized carbons (Fsp3) is 0.619. The minimum atomic E-state index is 0.790. The topological polar surface area (TPSA) is 15.7 Å². The molecule has 3 rings (SSSR count). The van der Waals surface area contributed by atoms with Crippen LogP contribution in [0.1, 0.15) is 43.2 Å². The molecule has 1 heterocycles. The molecule has 0 spiro atoms. The Balaban J connectivity index is 1.48. The zero-order valence-corrected chi connectivity index (χ0v) is 15.3. The number of ether oxygens (including phenoxy) is 1. The summed E-state index contributed by atoms with van der Waals surface area (Å²) in [4.78, 5) is 5.01. The fourth-order valence-corrected chi connectivity index (χ4v) is 3.67. The molecule has 0 aromatic heterocycles. The van der Waals surface area contributed by atoms with Gasteiger partial charge in [0.1, 0.15) is 0 Å². The number of likely N-dealkylation sites (tertiary alicyclic amines) is 1. The van der Waals surface area contributed by atoms with Crippen molar-refractivity contribution in [3.8, 4) is 0 Å². The molecule has 2 aliphatic rings. The van der Waals surface area contributed by atoms with Gasteiger partial charge in [-0.1, -0.05) is 42.3 Å². The van der Waals surface area contributed by atoms with Crippen LogP contribution in [0.2, 0.25) is 0 Å². The molecule has 1 aliphatic carbocycles. The Bertz CT molecular complexity index is 523. The summed E-state index contributed by atoms with van der Waals surface area (Å²) in [6.45, 7) is 5.27. The first kappa shape index (κ1) is 17.7. The van der Waals surface area contributed by atoms with E-state index in [2.05, 4.69) is 47.2 Å². The number of rotatable bonds is 7. The highest BCUT2D eigenvalue weighted by molar-refractivity contribution is 5.53. The van der Waals surface area contributed by atoms with E-state index >= 15 is 0 Å². The molecule has 0 atom stereocenters. The number of benzene rings is 1. The SMILES string of the molecule is COCCN(C)Cc1ccc(C=C2CCN(C3CCC3)CC2)cc1. The molecule has 1 aromatic carbocycles. The van der Waals surface area contributed by atoms with Crippen LogP contribution in [-0.4, -0.2) is 56.2 Å². The molecule has 0 unspecified atom stereocenters. The van der Waals surface area contributed by atoms with Crippen LogP contribution >= 0.6 is 0 Å². The molecule has 1 aliphatic heterocycles. The van der Waals surface area contributed by atoms with Crippen molar-refractivity contribution in [1.82, 2.24) is 9.80 Å². The van der Waals surface area contributed by atoms with Crippen LogP contribution in [0.5, 0.6) is 0 Å². The van der Waals surface area contributed by atoms with E-state index in [1.165, 1.54) is 56.3 Å². The second-order valence-corrected chi connectivity index (χ2v) is 7.40. The molecular weight excluding hydrogens is 296 g/mol. The van der Waals surface area contributed by atoms with Crippen LogP contribution in [0.4, 0.5) is 0 Å². The van der Waals surface area contributed by atoms with Crippen molar-refractivity contribution in [1.29, 1.82) is 0 Å². The van der Waals surface area contributed by atoms with E-state index in [9.17, 15) is 0 Å². The van der Waals surface area contributed by atoms with E-state index in [-0.39, 0.29) is 0 Å². The van der Waals surface area contributed by atoms with Crippen LogP contribution < -0.4 is 0 Å². The van der Waals surface area contributed by atoms with Gasteiger partial charge >= 0.3 is 0 Å². The quantitative estimate of drug-likeness (QED) is 0.757. The maximum atomic E-state index is 5.13. The summed E-state index contributed by atoms with van der Waals surface area (Å²) in [7, 11) is 3.90. The smallest absolute Gasteiger partial charge is 0.0589 e. The van der Waals surface area contributed by atoms with E-state index in [1.54, 1.807) is 12.7 Å². The summed E-state index contributed by atoms with van der Waals surface area (Å²) in [5.41, 5.74) is 4.34. The van der Waals surface area contributed by atoms with Crippen molar-refractivity contribution in [2.24, 2.45) is 0 Å². The second kappa shape index (κ2) is 8.80. The summed E-state index contributed by atoms with van der Waals surface area (Å²) >= 11 is 0. The molecule has 132 valence electrons. The van der Waals surface area contributed by atoms with Crippen molar-refractivity contribution in [3.05, 3.63) is 41.0 Å². The van der Waals surface area contributed by atoms with Gasteiger partial charge in [-0.3, -0.25) is 9.80 Å². The Morgan fingerprint density at radius 2 is 1.88 bits per heavy atom. The van der Waals surface area contributed by atoms with Gasteiger partial charge in [0.25, 0.3) is 0 Å². The first-order valence-corrected chi connectivity index (χ1v) is 9.44. The van der Waals surface area contributed by atoms with E-state index in [4.69, 9.17) is 4.74 Å². The Hall–Kier alpha value is -1.16. The van der Waals surface area contributed by atoms with Crippen molar-refractivity contribution >= 4 is 6.08 Å². The van der Waals surface area contributed by atoms with Gasteiger partial charge in [0, 0.05) is 39.3 Å². The Kier molecular flexibility index (Phi) is 6.47. The van der Waals surface area contributed by atoms with E-state index < -0.39 is 0 Å². The van der Waals surface area contributed by atoms with Crippen molar-refractivity contribution in [2.45, 2.75) is 44.7 Å². The first-order chi connectivity index (χ1) is 11.7. The largest absolute Gasteiger partial charge is 0.383 e. The zero-order valence-electron chi connectivity index (χ0n) is 15.3. The van der Waals surface area contributed by atoms with Gasteiger partial charge in [0.05, 0.1) is 6.61 Å². The molecule has 1 saturated carbocycles. The molecule has 24 heavy (non-hydrogen) atoms. The number of likely N-dealkylation sites (N-methyl/N-ethyl adjacent to an activating group) is 1. The minimum absolute atomic E-state index is 0.790. The fourth-order valence-electron chi connectivity index (χ4n) is 3.67. The third-order valence-electron chi connectivity index (χ3n) is 5.51. The molecule has 0 bridgehead atoms. The highest BCUT2D eigenvalue weighted by Crippen LogP contribution is 2.29. The third-order valence-corrected chi connectivity index (χ3v) is 5.51. The Morgan fingerprint density at radius 1 is 1.17 bits per heavy atom. The van der Waals surface area contributed by atoms with Gasteiger partial charge in [-0.25, -0.2) is 0 Å². The van der Waals surface area contributed by atoms with Crippen LogP contribution in [0.25, 0.3) is 6.08 Å². The number of piperidine rings is 1. The van der Waals surface area contributed by atoms with E-state index in [0.29, 0.717) is 0 Å². The predicted molar refractivity (Wildman–Crippen MR) is 101 cm³/mol. The van der Waals surface area contributed by atoms with E-state index in [1.807, 2.05) is 0 Å². The van der Waals surface area contributed by atoms with Gasteiger partial charge in [0.2, 0.25) is 0 Å². The molecule has 2 fully saturated rings. The number of methoxy groups -OCH3 is 1. The normalized spacial score (nSPS) is 19.5. The lowest BCUT2D eigenvalue weighted by atomic mass is 9.89. The highest BCUT2D eigenvalue weighted by Gasteiger charge is 2.26. The Morgan fingerprint density at radius 3 is 2.46 bits per heavy atom. The zero-order chi connectivity index (χ0) is 16.8. The van der Waals surface area contributed by atoms with Crippen molar-refractivity contribution in [2.75, 3.05) is 40.4 Å². The standard InChI is InChI=1S/C21H32N2O/c1-22(14-15-24-2)17-20-8-6-18(7-9-20)16-19-10-12-23(13-11-19)21-4-3-5-21/h6-9,16,21H,3-5,10-15,17H2,1-2H3. The Labute approximate surface area is 147 Å². The molecule has 0 radical (unpaired) electrons. The molecule has 1 aromatic rings. The van der Waals surface area contributed by atoms with Gasteiger partial charge < -0.3 is 4.74 Å². The first-order valence-electron chi connectivity index (χ1n) is 9.44. The average Bonchev–Trinajstić information content (AvgIpc) is 2.55. The molecule has 0 amide bonds. The summed E-state index contributed by atoms with van der Waals surface area (Å²) in [5, 5.41) is 0. The number of nitrogens with zero attached hydrogens (tertiary/aromatic N) is 2. The van der Waals surface area contributed by atoms with Gasteiger partial charge in [-0.05, 0) is 43.9 Å². The van der Waals surface area contributed by atoms with Crippen LogP contribution in [0.3, 0.4) is 0 Å². The summed E-state index contributed by atoms with van der Waals surface area (Å²) in [5.74, 6) is 0. The highest BCUT2D eigenvalue weighted by atomic mass is 16.5. The van der Waals surface area contributed by atoms with Gasteiger partial charge in [-0.15, -0.1) is 0 Å². The lowest BCUT2D eigenvalue weighted by Crippen LogP contribution is -2.43. The monoisotopic (exact) mass is 328 g/mol. The number of hydrogen-bond donors (Lipinski definition) is 0. The lowest BCUT2D eigenvalue weighted by molar-refractivity contribution is 0.118. The maximum absolute atomic E-state index is 5.13. The third kappa shape index (κ3) is 4.92. The second-order valence-electron chi connectivity index (χ2n) is 7.40. The average molecular weight is 329 g/mol. The van der Waals surface area contributed by atoms with E-state index in [0.717, 1.165) is 25.7 Å². The van der Waals surface area contributed by atoms with Crippen molar-refractivity contribution < 1.29 is 4.74 Å². The van der Waals surface area contributed by atoms with Crippen molar-refractivity contribution in [3.63, 3.8) is 0 Å². The molecular formula is C21H32N2O. The molecule has 0 N–H and O–H groups in total.